The molecule has 0 N–H and O–H groups in total. The van der Waals surface area contributed by atoms with Crippen molar-refractivity contribution in [2.75, 3.05) is 7.11 Å². The van der Waals surface area contributed by atoms with Gasteiger partial charge in [0.05, 0.1) is 30.9 Å². The van der Waals surface area contributed by atoms with Crippen LogP contribution in [0.5, 0.6) is 5.75 Å². The summed E-state index contributed by atoms with van der Waals surface area (Å²) >= 11 is 6.23. The van der Waals surface area contributed by atoms with Crippen LogP contribution in [0.4, 0.5) is 0 Å². The van der Waals surface area contributed by atoms with Gasteiger partial charge in [-0.1, -0.05) is 41.9 Å². The normalized spacial score (nSPS) is 10.8. The van der Waals surface area contributed by atoms with Gasteiger partial charge in [0.1, 0.15) is 12.4 Å². The number of nitrogens with zero attached hydrogens (tertiary/aromatic N) is 2. The van der Waals surface area contributed by atoms with E-state index in [9.17, 15) is 4.79 Å². The minimum Gasteiger partial charge on any atom is -0.489 e. The van der Waals surface area contributed by atoms with Crippen molar-refractivity contribution in [3.63, 3.8) is 0 Å². The van der Waals surface area contributed by atoms with Crippen molar-refractivity contribution in [2.45, 2.75) is 13.2 Å². The number of carbonyl (C=O) groups excluding carboxylic acids is 1. The third-order valence-corrected chi connectivity index (χ3v) is 4.88. The zero-order chi connectivity index (χ0) is 20.2. The Morgan fingerprint density at radius 2 is 1.90 bits per heavy atom. The Balaban J connectivity index is 1.60. The monoisotopic (exact) mass is 406 g/mol. The maximum absolute atomic E-state index is 11.7. The van der Waals surface area contributed by atoms with Gasteiger partial charge >= 0.3 is 5.97 Å². The zero-order valence-corrected chi connectivity index (χ0v) is 16.6. The first-order chi connectivity index (χ1) is 14.1. The molecule has 0 atom stereocenters. The number of ether oxygens (including phenoxy) is 2. The number of carbonyl (C=O) groups is 1. The lowest BCUT2D eigenvalue weighted by atomic mass is 10.1. The van der Waals surface area contributed by atoms with Gasteiger partial charge in [0.15, 0.2) is 0 Å². The summed E-state index contributed by atoms with van der Waals surface area (Å²) in [6.07, 6.45) is 1.73. The number of rotatable bonds is 6. The number of aromatic nitrogens is 2. The molecule has 0 saturated heterocycles. The SMILES string of the molecule is COC(=O)c1ccc2c(cnn2Cc2cc(Cl)ccc2OCc2ccccc2)c1. The predicted molar refractivity (Wildman–Crippen MR) is 112 cm³/mol. The lowest BCUT2D eigenvalue weighted by Gasteiger charge is -2.13. The first-order valence-corrected chi connectivity index (χ1v) is 9.51. The van der Waals surface area contributed by atoms with Crippen molar-refractivity contribution in [3.05, 3.63) is 94.6 Å². The summed E-state index contributed by atoms with van der Waals surface area (Å²) in [6.45, 7) is 0.962. The highest BCUT2D eigenvalue weighted by Crippen LogP contribution is 2.26. The largest absolute Gasteiger partial charge is 0.489 e. The Hall–Kier alpha value is -3.31. The van der Waals surface area contributed by atoms with E-state index in [1.807, 2.05) is 59.3 Å². The molecule has 0 unspecified atom stereocenters. The van der Waals surface area contributed by atoms with E-state index in [1.54, 1.807) is 18.3 Å². The van der Waals surface area contributed by atoms with Crippen LogP contribution >= 0.6 is 11.6 Å². The van der Waals surface area contributed by atoms with Crippen molar-refractivity contribution >= 4 is 28.5 Å². The average Bonchev–Trinajstić information content (AvgIpc) is 3.15. The maximum atomic E-state index is 11.7. The lowest BCUT2D eigenvalue weighted by Crippen LogP contribution is -2.05. The number of methoxy groups -OCH3 is 1. The Labute approximate surface area is 173 Å². The van der Waals surface area contributed by atoms with Gasteiger partial charge in [0.25, 0.3) is 0 Å². The molecule has 0 saturated carbocycles. The van der Waals surface area contributed by atoms with Gasteiger partial charge in [0.2, 0.25) is 0 Å². The summed E-state index contributed by atoms with van der Waals surface area (Å²) in [5.74, 6) is 0.388. The molecule has 0 bridgehead atoms. The highest BCUT2D eigenvalue weighted by atomic mass is 35.5. The average molecular weight is 407 g/mol. The molecular weight excluding hydrogens is 388 g/mol. The Morgan fingerprint density at radius 1 is 1.07 bits per heavy atom. The third-order valence-electron chi connectivity index (χ3n) is 4.64. The Kier molecular flexibility index (Phi) is 5.49. The van der Waals surface area contributed by atoms with E-state index in [0.29, 0.717) is 23.7 Å². The molecule has 0 aliphatic heterocycles. The van der Waals surface area contributed by atoms with E-state index in [0.717, 1.165) is 27.8 Å². The number of fused-ring (bicyclic) bond motifs is 1. The van der Waals surface area contributed by atoms with E-state index >= 15 is 0 Å². The second-order valence-electron chi connectivity index (χ2n) is 6.59. The van der Waals surface area contributed by atoms with Crippen molar-refractivity contribution in [3.8, 4) is 5.75 Å². The molecule has 29 heavy (non-hydrogen) atoms. The maximum Gasteiger partial charge on any atom is 0.337 e. The van der Waals surface area contributed by atoms with Crippen LogP contribution in [0, 0.1) is 0 Å². The summed E-state index contributed by atoms with van der Waals surface area (Å²) in [5.41, 5.74) is 3.42. The van der Waals surface area contributed by atoms with Crippen molar-refractivity contribution in [1.82, 2.24) is 9.78 Å². The van der Waals surface area contributed by atoms with Crippen molar-refractivity contribution in [2.24, 2.45) is 0 Å². The van der Waals surface area contributed by atoms with Gasteiger partial charge in [-0.05, 0) is 42.0 Å². The molecule has 6 heteroatoms. The number of halogens is 1. The minimum atomic E-state index is -0.369. The summed E-state index contributed by atoms with van der Waals surface area (Å²) in [4.78, 5) is 11.7. The molecule has 1 aromatic heterocycles. The highest BCUT2D eigenvalue weighted by Gasteiger charge is 2.12. The molecule has 0 fully saturated rings. The van der Waals surface area contributed by atoms with Gasteiger partial charge in [0, 0.05) is 16.0 Å². The van der Waals surface area contributed by atoms with E-state index in [-0.39, 0.29) is 5.97 Å². The van der Waals surface area contributed by atoms with E-state index < -0.39 is 0 Å². The molecule has 0 radical (unpaired) electrons. The first-order valence-electron chi connectivity index (χ1n) is 9.13. The highest BCUT2D eigenvalue weighted by molar-refractivity contribution is 6.30. The van der Waals surface area contributed by atoms with Crippen molar-refractivity contribution < 1.29 is 14.3 Å². The molecular formula is C23H19ClN2O3. The molecule has 0 spiro atoms. The van der Waals surface area contributed by atoms with Crippen LogP contribution in [-0.2, 0) is 17.9 Å². The molecule has 0 amide bonds. The molecule has 3 aromatic carbocycles. The van der Waals surface area contributed by atoms with Crippen LogP contribution in [0.2, 0.25) is 5.02 Å². The molecule has 4 rings (SSSR count). The predicted octanol–water partition coefficient (Wildman–Crippen LogP) is 5.10. The van der Waals surface area contributed by atoms with Gasteiger partial charge in [-0.25, -0.2) is 4.79 Å². The summed E-state index contributed by atoms with van der Waals surface area (Å²) in [7, 11) is 1.37. The van der Waals surface area contributed by atoms with Crippen LogP contribution < -0.4 is 4.74 Å². The van der Waals surface area contributed by atoms with Gasteiger partial charge in [-0.2, -0.15) is 5.10 Å². The minimum absolute atomic E-state index is 0.369. The smallest absolute Gasteiger partial charge is 0.337 e. The summed E-state index contributed by atoms with van der Waals surface area (Å²) in [5, 5.41) is 5.97. The Morgan fingerprint density at radius 3 is 2.69 bits per heavy atom. The summed E-state index contributed by atoms with van der Waals surface area (Å²) in [6, 6.07) is 20.9. The van der Waals surface area contributed by atoms with Gasteiger partial charge in [-0.3, -0.25) is 4.68 Å². The molecule has 0 aliphatic rings. The number of hydrogen-bond acceptors (Lipinski definition) is 4. The Bertz CT molecular complexity index is 1160. The van der Waals surface area contributed by atoms with E-state index in [2.05, 4.69) is 5.10 Å². The van der Waals surface area contributed by atoms with Gasteiger partial charge < -0.3 is 9.47 Å². The van der Waals surface area contributed by atoms with Crippen LogP contribution in [0.25, 0.3) is 10.9 Å². The molecule has 4 aromatic rings. The number of esters is 1. The van der Waals surface area contributed by atoms with Crippen LogP contribution in [0.3, 0.4) is 0 Å². The summed E-state index contributed by atoms with van der Waals surface area (Å²) < 4.78 is 12.7. The second kappa shape index (κ2) is 8.37. The second-order valence-corrected chi connectivity index (χ2v) is 7.03. The first kappa shape index (κ1) is 19.0. The van der Waals surface area contributed by atoms with Crippen LogP contribution in [0.1, 0.15) is 21.5 Å². The molecule has 1 heterocycles. The van der Waals surface area contributed by atoms with Gasteiger partial charge in [-0.15, -0.1) is 0 Å². The van der Waals surface area contributed by atoms with E-state index in [1.165, 1.54) is 7.11 Å². The topological polar surface area (TPSA) is 53.3 Å². The van der Waals surface area contributed by atoms with E-state index in [4.69, 9.17) is 21.1 Å². The number of benzene rings is 3. The fourth-order valence-electron chi connectivity index (χ4n) is 3.17. The molecule has 146 valence electrons. The fourth-order valence-corrected chi connectivity index (χ4v) is 3.36. The molecule has 0 aliphatic carbocycles. The number of hydrogen-bond donors (Lipinski definition) is 0. The van der Waals surface area contributed by atoms with Crippen LogP contribution in [0.15, 0.2) is 72.9 Å². The van der Waals surface area contributed by atoms with Crippen LogP contribution in [-0.4, -0.2) is 22.9 Å². The standard InChI is InChI=1S/C23H19ClN2O3/c1-28-23(27)17-7-9-21-18(11-17)13-25-26(21)14-19-12-20(24)8-10-22(19)29-15-16-5-3-2-4-6-16/h2-13H,14-15H2,1H3. The zero-order valence-electron chi connectivity index (χ0n) is 15.8. The lowest BCUT2D eigenvalue weighted by molar-refractivity contribution is 0.0601. The van der Waals surface area contributed by atoms with Crippen molar-refractivity contribution in [1.29, 1.82) is 0 Å². The fraction of sp³-hybridized carbons (Fsp3) is 0.130. The molecule has 5 nitrogen and oxygen atoms in total. The quantitative estimate of drug-likeness (QED) is 0.418. The third kappa shape index (κ3) is 4.25.